The highest BCUT2D eigenvalue weighted by molar-refractivity contribution is 5.94. The number of amides is 2. The maximum Gasteiger partial charge on any atom is 0.251 e. The molecule has 3 aromatic rings. The van der Waals surface area contributed by atoms with E-state index in [0.29, 0.717) is 25.2 Å². The van der Waals surface area contributed by atoms with E-state index in [-0.39, 0.29) is 18.2 Å². The molecule has 3 rings (SSSR count). The number of rotatable bonds is 8. The molecule has 6 heteroatoms. The molecule has 138 valence electrons. The van der Waals surface area contributed by atoms with E-state index < -0.39 is 0 Å². The summed E-state index contributed by atoms with van der Waals surface area (Å²) in [6.45, 7) is 1.41. The molecular formula is C21H22N4O2. The first-order valence-corrected chi connectivity index (χ1v) is 8.86. The Labute approximate surface area is 158 Å². The first-order valence-electron chi connectivity index (χ1n) is 8.86. The van der Waals surface area contributed by atoms with Gasteiger partial charge < -0.3 is 10.6 Å². The fourth-order valence-electron chi connectivity index (χ4n) is 2.72. The van der Waals surface area contributed by atoms with Gasteiger partial charge in [0, 0.05) is 37.5 Å². The van der Waals surface area contributed by atoms with Gasteiger partial charge in [0.2, 0.25) is 5.91 Å². The van der Waals surface area contributed by atoms with Crippen molar-refractivity contribution < 1.29 is 9.59 Å². The number of carbonyl (C=O) groups is 2. The highest BCUT2D eigenvalue weighted by atomic mass is 16.2. The highest BCUT2D eigenvalue weighted by Crippen LogP contribution is 2.10. The molecule has 0 saturated carbocycles. The summed E-state index contributed by atoms with van der Waals surface area (Å²) < 4.78 is 1.85. The molecule has 0 atom stereocenters. The van der Waals surface area contributed by atoms with Crippen molar-refractivity contribution in [3.63, 3.8) is 0 Å². The van der Waals surface area contributed by atoms with Gasteiger partial charge in [0.15, 0.2) is 0 Å². The molecule has 0 aliphatic rings. The van der Waals surface area contributed by atoms with Crippen LogP contribution in [0, 0.1) is 0 Å². The first kappa shape index (κ1) is 18.4. The molecule has 0 aliphatic heterocycles. The van der Waals surface area contributed by atoms with Crippen molar-refractivity contribution in [3.8, 4) is 0 Å². The molecule has 1 aromatic heterocycles. The molecule has 2 aromatic carbocycles. The van der Waals surface area contributed by atoms with Crippen molar-refractivity contribution >= 4 is 11.8 Å². The Balaban J connectivity index is 1.45. The minimum atomic E-state index is -0.173. The van der Waals surface area contributed by atoms with Gasteiger partial charge in [0.1, 0.15) is 0 Å². The van der Waals surface area contributed by atoms with Gasteiger partial charge in [-0.3, -0.25) is 14.3 Å². The van der Waals surface area contributed by atoms with Crippen LogP contribution in [0.1, 0.15) is 27.9 Å². The molecule has 0 spiro atoms. The van der Waals surface area contributed by atoms with Crippen molar-refractivity contribution in [2.75, 3.05) is 6.54 Å². The van der Waals surface area contributed by atoms with Crippen LogP contribution < -0.4 is 10.6 Å². The lowest BCUT2D eigenvalue weighted by Gasteiger charge is -2.11. The molecule has 2 N–H and O–H groups in total. The van der Waals surface area contributed by atoms with Crippen LogP contribution in [0.4, 0.5) is 0 Å². The third-order valence-electron chi connectivity index (χ3n) is 4.16. The van der Waals surface area contributed by atoms with Crippen LogP contribution in [0.15, 0.2) is 73.1 Å². The minimum Gasteiger partial charge on any atom is -0.352 e. The van der Waals surface area contributed by atoms with Crippen molar-refractivity contribution in [1.29, 1.82) is 0 Å². The molecule has 0 radical (unpaired) electrons. The number of nitrogens with zero attached hydrogens (tertiary/aromatic N) is 2. The summed E-state index contributed by atoms with van der Waals surface area (Å²) >= 11 is 0. The lowest BCUT2D eigenvalue weighted by Crippen LogP contribution is -2.30. The summed E-state index contributed by atoms with van der Waals surface area (Å²) in [6.07, 6.45) is 3.89. The number of hydrogen-bond acceptors (Lipinski definition) is 3. The molecule has 2 amide bonds. The molecule has 0 saturated heterocycles. The molecular weight excluding hydrogens is 340 g/mol. The lowest BCUT2D eigenvalue weighted by atomic mass is 10.1. The standard InChI is InChI=1S/C21H22N4O2/c26-20(11-13-22-21(27)17-7-2-1-3-8-17)23-15-18-9-4-5-10-19(18)16-25-14-6-12-24-25/h1-10,12,14H,11,13,15-16H2,(H,22,27)(H,23,26). The number of carbonyl (C=O) groups excluding carboxylic acids is 2. The monoisotopic (exact) mass is 362 g/mol. The first-order chi connectivity index (χ1) is 13.2. The zero-order chi connectivity index (χ0) is 18.9. The molecule has 27 heavy (non-hydrogen) atoms. The van der Waals surface area contributed by atoms with Crippen LogP contribution in [-0.4, -0.2) is 28.1 Å². The normalized spacial score (nSPS) is 10.4. The Morgan fingerprint density at radius 1 is 0.889 bits per heavy atom. The second kappa shape index (κ2) is 9.33. The second-order valence-electron chi connectivity index (χ2n) is 6.12. The largest absolute Gasteiger partial charge is 0.352 e. The van der Waals surface area contributed by atoms with Gasteiger partial charge >= 0.3 is 0 Å². The van der Waals surface area contributed by atoms with E-state index >= 15 is 0 Å². The molecule has 0 unspecified atom stereocenters. The molecule has 0 bridgehead atoms. The fraction of sp³-hybridized carbons (Fsp3) is 0.190. The summed E-state index contributed by atoms with van der Waals surface area (Å²) in [6, 6.07) is 18.8. The quantitative estimate of drug-likeness (QED) is 0.646. The Hall–Kier alpha value is -3.41. The van der Waals surface area contributed by atoms with E-state index in [2.05, 4.69) is 15.7 Å². The number of aromatic nitrogens is 2. The third kappa shape index (κ3) is 5.54. The van der Waals surface area contributed by atoms with Gasteiger partial charge in [-0.2, -0.15) is 5.10 Å². The smallest absolute Gasteiger partial charge is 0.251 e. The van der Waals surface area contributed by atoms with Gasteiger partial charge in [0.25, 0.3) is 5.91 Å². The summed E-state index contributed by atoms with van der Waals surface area (Å²) in [5.74, 6) is -0.273. The average molecular weight is 362 g/mol. The van der Waals surface area contributed by atoms with Gasteiger partial charge in [-0.1, -0.05) is 42.5 Å². The van der Waals surface area contributed by atoms with Crippen LogP contribution in [0.2, 0.25) is 0 Å². The van der Waals surface area contributed by atoms with Crippen molar-refractivity contribution in [2.45, 2.75) is 19.5 Å². The van der Waals surface area contributed by atoms with Crippen LogP contribution in [0.25, 0.3) is 0 Å². The van der Waals surface area contributed by atoms with Crippen molar-refractivity contribution in [1.82, 2.24) is 20.4 Å². The predicted octanol–water partition coefficient (Wildman–Crippen LogP) is 2.37. The summed E-state index contributed by atoms with van der Waals surface area (Å²) in [7, 11) is 0. The average Bonchev–Trinajstić information content (AvgIpc) is 3.21. The van der Waals surface area contributed by atoms with E-state index in [1.807, 2.05) is 59.4 Å². The van der Waals surface area contributed by atoms with Crippen LogP contribution in [-0.2, 0) is 17.9 Å². The van der Waals surface area contributed by atoms with Crippen LogP contribution in [0.5, 0.6) is 0 Å². The van der Waals surface area contributed by atoms with E-state index in [1.165, 1.54) is 0 Å². The number of hydrogen-bond donors (Lipinski definition) is 2. The second-order valence-corrected chi connectivity index (χ2v) is 6.12. The van der Waals surface area contributed by atoms with Crippen LogP contribution in [0.3, 0.4) is 0 Å². The van der Waals surface area contributed by atoms with Gasteiger partial charge in [-0.15, -0.1) is 0 Å². The zero-order valence-corrected chi connectivity index (χ0v) is 15.0. The SMILES string of the molecule is O=C(CCNC(=O)c1ccccc1)NCc1ccccc1Cn1cccn1. The van der Waals surface area contributed by atoms with Crippen molar-refractivity contribution in [2.24, 2.45) is 0 Å². The summed E-state index contributed by atoms with van der Waals surface area (Å²) in [5, 5.41) is 9.89. The maximum absolute atomic E-state index is 12.1. The summed E-state index contributed by atoms with van der Waals surface area (Å²) in [5.41, 5.74) is 2.75. The summed E-state index contributed by atoms with van der Waals surface area (Å²) in [4.78, 5) is 24.0. The zero-order valence-electron chi connectivity index (χ0n) is 15.0. The Morgan fingerprint density at radius 2 is 1.63 bits per heavy atom. The van der Waals surface area contributed by atoms with Gasteiger partial charge in [0.05, 0.1) is 6.54 Å². The topological polar surface area (TPSA) is 76.0 Å². The Kier molecular flexibility index (Phi) is 6.35. The Bertz CT molecular complexity index is 876. The fourth-order valence-corrected chi connectivity index (χ4v) is 2.72. The number of benzene rings is 2. The van der Waals surface area contributed by atoms with E-state index in [4.69, 9.17) is 0 Å². The molecule has 0 aliphatic carbocycles. The molecule has 1 heterocycles. The van der Waals surface area contributed by atoms with E-state index in [1.54, 1.807) is 18.3 Å². The predicted molar refractivity (Wildman–Crippen MR) is 103 cm³/mol. The van der Waals surface area contributed by atoms with Crippen molar-refractivity contribution in [3.05, 3.63) is 89.7 Å². The van der Waals surface area contributed by atoms with Gasteiger partial charge in [-0.25, -0.2) is 0 Å². The molecule has 0 fully saturated rings. The van der Waals surface area contributed by atoms with Crippen LogP contribution >= 0.6 is 0 Å². The third-order valence-corrected chi connectivity index (χ3v) is 4.16. The molecule has 6 nitrogen and oxygen atoms in total. The lowest BCUT2D eigenvalue weighted by molar-refractivity contribution is -0.121. The highest BCUT2D eigenvalue weighted by Gasteiger charge is 2.08. The maximum atomic E-state index is 12.1. The van der Waals surface area contributed by atoms with Gasteiger partial charge in [-0.05, 0) is 29.3 Å². The van der Waals surface area contributed by atoms with E-state index in [0.717, 1.165) is 11.1 Å². The Morgan fingerprint density at radius 3 is 2.37 bits per heavy atom. The minimum absolute atomic E-state index is 0.0998. The number of nitrogens with one attached hydrogen (secondary N) is 2. The van der Waals surface area contributed by atoms with E-state index in [9.17, 15) is 9.59 Å².